The van der Waals surface area contributed by atoms with Crippen LogP contribution in [0, 0.1) is 0 Å². The van der Waals surface area contributed by atoms with Crippen LogP contribution in [0.1, 0.15) is 60.3 Å². The number of pyridine rings is 1. The van der Waals surface area contributed by atoms with Gasteiger partial charge in [-0.15, -0.1) is 0 Å². The molecular formula is C23H27N3O3. The summed E-state index contributed by atoms with van der Waals surface area (Å²) in [6, 6.07) is 8.51. The third kappa shape index (κ3) is 3.38. The lowest BCUT2D eigenvalue weighted by atomic mass is 9.92. The van der Waals surface area contributed by atoms with Crippen molar-refractivity contribution in [3.05, 3.63) is 57.0 Å². The van der Waals surface area contributed by atoms with Crippen molar-refractivity contribution in [3.8, 4) is 11.3 Å². The van der Waals surface area contributed by atoms with Crippen molar-refractivity contribution in [2.45, 2.75) is 52.1 Å². The van der Waals surface area contributed by atoms with Gasteiger partial charge < -0.3 is 20.0 Å². The summed E-state index contributed by atoms with van der Waals surface area (Å²) in [5, 5.41) is 13.9. The molecule has 6 heteroatoms. The van der Waals surface area contributed by atoms with Crippen LogP contribution in [0.2, 0.25) is 0 Å². The molecule has 0 saturated heterocycles. The predicted molar refractivity (Wildman–Crippen MR) is 115 cm³/mol. The van der Waals surface area contributed by atoms with E-state index in [0.717, 1.165) is 41.6 Å². The zero-order valence-electron chi connectivity index (χ0n) is 17.3. The molecule has 1 aliphatic carbocycles. The molecule has 2 aromatic heterocycles. The highest BCUT2D eigenvalue weighted by atomic mass is 16.4. The first-order valence-corrected chi connectivity index (χ1v) is 10.1. The Morgan fingerprint density at radius 2 is 2.07 bits per heavy atom. The number of aromatic nitrogens is 2. The summed E-state index contributed by atoms with van der Waals surface area (Å²) in [5.74, 6) is -0.877. The summed E-state index contributed by atoms with van der Waals surface area (Å²) in [6.07, 6.45) is 1.64. The van der Waals surface area contributed by atoms with Gasteiger partial charge in [-0.1, -0.05) is 20.8 Å². The Bertz CT molecular complexity index is 1170. The molecule has 2 heterocycles. The second-order valence-corrected chi connectivity index (χ2v) is 8.39. The third-order valence-electron chi connectivity index (χ3n) is 6.00. The van der Waals surface area contributed by atoms with Gasteiger partial charge in [-0.25, -0.2) is 4.79 Å². The Morgan fingerprint density at radius 1 is 1.31 bits per heavy atom. The Kier molecular flexibility index (Phi) is 4.82. The fraction of sp³-hybridized carbons (Fsp3) is 0.391. The molecule has 0 fully saturated rings. The summed E-state index contributed by atoms with van der Waals surface area (Å²) in [7, 11) is 2.09. The van der Waals surface area contributed by atoms with Crippen LogP contribution >= 0.6 is 0 Å². The number of aromatic amines is 1. The Hall–Kier alpha value is -2.86. The topological polar surface area (TPSA) is 87.1 Å². The number of aromatic carboxylic acids is 1. The van der Waals surface area contributed by atoms with E-state index >= 15 is 0 Å². The first-order chi connectivity index (χ1) is 13.8. The van der Waals surface area contributed by atoms with Gasteiger partial charge in [0.1, 0.15) is 5.56 Å². The van der Waals surface area contributed by atoms with Crippen LogP contribution in [0.15, 0.2) is 29.1 Å². The van der Waals surface area contributed by atoms with Crippen molar-refractivity contribution >= 4 is 16.9 Å². The number of nitrogens with one attached hydrogen (secondary N) is 2. The molecular weight excluding hydrogens is 366 g/mol. The van der Waals surface area contributed by atoms with Crippen LogP contribution in [0.4, 0.5) is 0 Å². The number of hydrogen-bond acceptors (Lipinski definition) is 3. The van der Waals surface area contributed by atoms with E-state index in [1.165, 1.54) is 16.8 Å². The molecule has 1 aromatic carbocycles. The number of fused-ring (bicyclic) bond motifs is 4. The number of carboxylic acids is 1. The second-order valence-electron chi connectivity index (χ2n) is 8.39. The second kappa shape index (κ2) is 7.19. The smallest absolute Gasteiger partial charge is 0.341 e. The fourth-order valence-corrected chi connectivity index (χ4v) is 4.26. The molecule has 0 radical (unpaired) electrons. The summed E-state index contributed by atoms with van der Waals surface area (Å²) in [6.45, 7) is 7.24. The van der Waals surface area contributed by atoms with Gasteiger partial charge in [0, 0.05) is 41.8 Å². The van der Waals surface area contributed by atoms with E-state index in [1.54, 1.807) is 6.07 Å². The monoisotopic (exact) mass is 393 g/mol. The van der Waals surface area contributed by atoms with Crippen molar-refractivity contribution in [2.75, 3.05) is 0 Å². The fourth-order valence-electron chi connectivity index (χ4n) is 4.26. The molecule has 0 amide bonds. The van der Waals surface area contributed by atoms with Crippen LogP contribution in [0.3, 0.4) is 0 Å². The van der Waals surface area contributed by atoms with Crippen molar-refractivity contribution in [2.24, 2.45) is 7.05 Å². The van der Waals surface area contributed by atoms with E-state index < -0.39 is 11.5 Å². The SMILES string of the molecule is CC(C)NCc1cc2cc3c(cc2n1C)C(C)CCc1cc(C(=O)O)c(=O)[nH]c1-3. The summed E-state index contributed by atoms with van der Waals surface area (Å²) in [5.41, 5.74) is 5.48. The van der Waals surface area contributed by atoms with Crippen LogP contribution in [0.5, 0.6) is 0 Å². The predicted octanol–water partition coefficient (Wildman–Crippen LogP) is 3.78. The van der Waals surface area contributed by atoms with Gasteiger partial charge in [0.15, 0.2) is 0 Å². The van der Waals surface area contributed by atoms with Gasteiger partial charge in [-0.05, 0) is 54.2 Å². The number of H-pyrrole nitrogens is 1. The Morgan fingerprint density at radius 3 is 2.76 bits per heavy atom. The van der Waals surface area contributed by atoms with E-state index in [0.29, 0.717) is 12.0 Å². The molecule has 4 rings (SSSR count). The molecule has 1 unspecified atom stereocenters. The van der Waals surface area contributed by atoms with Crippen molar-refractivity contribution < 1.29 is 9.90 Å². The summed E-state index contributed by atoms with van der Waals surface area (Å²) in [4.78, 5) is 26.6. The molecule has 0 saturated carbocycles. The highest BCUT2D eigenvalue weighted by Crippen LogP contribution is 2.39. The van der Waals surface area contributed by atoms with Crippen molar-refractivity contribution in [3.63, 3.8) is 0 Å². The van der Waals surface area contributed by atoms with E-state index in [9.17, 15) is 14.7 Å². The minimum atomic E-state index is -1.19. The van der Waals surface area contributed by atoms with Gasteiger partial charge in [0.2, 0.25) is 0 Å². The minimum Gasteiger partial charge on any atom is -0.477 e. The minimum absolute atomic E-state index is 0.192. The first kappa shape index (κ1) is 19.5. The van der Waals surface area contributed by atoms with Gasteiger partial charge in [0.25, 0.3) is 5.56 Å². The molecule has 1 aliphatic rings. The van der Waals surface area contributed by atoms with Crippen molar-refractivity contribution in [1.29, 1.82) is 0 Å². The molecule has 1 atom stereocenters. The standard InChI is InChI=1S/C23H27N3O3/c1-12(2)24-11-16-7-15-9-18-17(10-20(15)26(16)4)13(3)5-6-14-8-19(23(28)29)22(27)25-21(14)18/h7-10,12-13,24H,5-6,11H2,1-4H3,(H,25,27)(H,28,29). The maximum absolute atomic E-state index is 12.4. The van der Waals surface area contributed by atoms with Crippen molar-refractivity contribution in [1.82, 2.24) is 14.9 Å². The molecule has 0 bridgehead atoms. The largest absolute Gasteiger partial charge is 0.477 e. The zero-order chi connectivity index (χ0) is 20.9. The Balaban J connectivity index is 1.91. The number of aryl methyl sites for hydroxylation is 2. The zero-order valence-corrected chi connectivity index (χ0v) is 17.3. The van der Waals surface area contributed by atoms with Crippen LogP contribution in [0.25, 0.3) is 22.2 Å². The van der Waals surface area contributed by atoms with Gasteiger partial charge in [0.05, 0.1) is 5.69 Å². The van der Waals surface area contributed by atoms with Gasteiger partial charge in [-0.3, -0.25) is 4.79 Å². The highest BCUT2D eigenvalue weighted by molar-refractivity contribution is 5.91. The van der Waals surface area contributed by atoms with Gasteiger partial charge in [-0.2, -0.15) is 0 Å². The van der Waals surface area contributed by atoms with Crippen LogP contribution < -0.4 is 10.9 Å². The molecule has 6 nitrogen and oxygen atoms in total. The van der Waals surface area contributed by atoms with E-state index in [-0.39, 0.29) is 5.56 Å². The number of benzene rings is 1. The van der Waals surface area contributed by atoms with E-state index in [1.807, 2.05) is 0 Å². The lowest BCUT2D eigenvalue weighted by molar-refractivity contribution is 0.0695. The van der Waals surface area contributed by atoms with Crippen LogP contribution in [-0.2, 0) is 20.0 Å². The lowest BCUT2D eigenvalue weighted by Crippen LogP contribution is -2.22. The molecule has 3 aromatic rings. The normalized spacial score (nSPS) is 16.0. The maximum atomic E-state index is 12.4. The summed E-state index contributed by atoms with van der Waals surface area (Å²) < 4.78 is 2.22. The number of nitrogens with zero attached hydrogens (tertiary/aromatic N) is 1. The third-order valence-corrected chi connectivity index (χ3v) is 6.00. The van der Waals surface area contributed by atoms with Gasteiger partial charge >= 0.3 is 5.97 Å². The number of rotatable bonds is 4. The number of carboxylic acid groups (broad SMARTS) is 1. The number of hydrogen-bond donors (Lipinski definition) is 3. The summed E-state index contributed by atoms with van der Waals surface area (Å²) >= 11 is 0. The van der Waals surface area contributed by atoms with Crippen LogP contribution in [-0.4, -0.2) is 26.7 Å². The number of carbonyl (C=O) groups is 1. The maximum Gasteiger partial charge on any atom is 0.341 e. The molecule has 3 N–H and O–H groups in total. The average molecular weight is 393 g/mol. The lowest BCUT2D eigenvalue weighted by Gasteiger charge is -2.14. The highest BCUT2D eigenvalue weighted by Gasteiger charge is 2.24. The quantitative estimate of drug-likeness (QED) is 0.630. The molecule has 152 valence electrons. The van der Waals surface area contributed by atoms with E-state index in [2.05, 4.69) is 60.9 Å². The Labute approximate surface area is 169 Å². The molecule has 0 spiro atoms. The first-order valence-electron chi connectivity index (χ1n) is 10.1. The average Bonchev–Trinajstić information content (AvgIpc) is 2.91. The molecule has 0 aliphatic heterocycles. The van der Waals surface area contributed by atoms with E-state index in [4.69, 9.17) is 0 Å². The molecule has 29 heavy (non-hydrogen) atoms.